The molecule has 0 aliphatic heterocycles. The molecule has 0 fully saturated rings. The molecule has 16 heavy (non-hydrogen) atoms. The molecule has 0 aliphatic rings. The van der Waals surface area contributed by atoms with Crippen LogP contribution in [0.5, 0.6) is 0 Å². The van der Waals surface area contributed by atoms with Crippen LogP contribution in [0, 0.1) is 5.92 Å². The number of rotatable bonds is 4. The molecular formula is C13H19BrOS. The van der Waals surface area contributed by atoms with Crippen LogP contribution in [0.15, 0.2) is 27.6 Å². The van der Waals surface area contributed by atoms with E-state index in [-0.39, 0.29) is 0 Å². The van der Waals surface area contributed by atoms with Crippen molar-refractivity contribution in [3.05, 3.63) is 28.2 Å². The maximum Gasteiger partial charge on any atom is 0.0762 e. The van der Waals surface area contributed by atoms with Gasteiger partial charge >= 0.3 is 0 Å². The van der Waals surface area contributed by atoms with E-state index < -0.39 is 6.10 Å². The summed E-state index contributed by atoms with van der Waals surface area (Å²) >= 11 is 5.43. The molecular weight excluding hydrogens is 284 g/mol. The highest BCUT2D eigenvalue weighted by molar-refractivity contribution is 9.10. The zero-order valence-corrected chi connectivity index (χ0v) is 12.6. The highest BCUT2D eigenvalue weighted by Gasteiger charge is 2.12. The standard InChI is InChI=1S/C13H19BrOS/c1-8(2)10(4)16-13-6-5-11(9(3)15)7-12(13)14/h5-10,15H,1-4H3/t9-,10?/m0/s1. The first kappa shape index (κ1) is 14.1. The van der Waals surface area contributed by atoms with Crippen LogP contribution in [0.3, 0.4) is 0 Å². The lowest BCUT2D eigenvalue weighted by molar-refractivity contribution is 0.199. The number of hydrogen-bond acceptors (Lipinski definition) is 2. The van der Waals surface area contributed by atoms with Gasteiger partial charge in [-0.1, -0.05) is 26.8 Å². The van der Waals surface area contributed by atoms with Gasteiger partial charge in [0.05, 0.1) is 6.10 Å². The minimum atomic E-state index is -0.405. The molecule has 1 nitrogen and oxygen atoms in total. The zero-order valence-electron chi connectivity index (χ0n) is 10.2. The van der Waals surface area contributed by atoms with Crippen LogP contribution in [0.1, 0.15) is 39.4 Å². The minimum Gasteiger partial charge on any atom is -0.389 e. The van der Waals surface area contributed by atoms with Crippen molar-refractivity contribution < 1.29 is 5.11 Å². The third kappa shape index (κ3) is 3.79. The second-order valence-corrected chi connectivity index (χ2v) is 6.71. The van der Waals surface area contributed by atoms with Crippen molar-refractivity contribution in [2.24, 2.45) is 5.92 Å². The van der Waals surface area contributed by atoms with Crippen molar-refractivity contribution in [3.63, 3.8) is 0 Å². The second kappa shape index (κ2) is 6.08. The van der Waals surface area contributed by atoms with Gasteiger partial charge in [0.2, 0.25) is 0 Å². The van der Waals surface area contributed by atoms with Crippen LogP contribution in [-0.2, 0) is 0 Å². The molecule has 0 heterocycles. The number of aliphatic hydroxyl groups is 1. The lowest BCUT2D eigenvalue weighted by Crippen LogP contribution is -2.05. The smallest absolute Gasteiger partial charge is 0.0762 e. The van der Waals surface area contributed by atoms with Crippen molar-refractivity contribution in [2.75, 3.05) is 0 Å². The number of halogens is 1. The van der Waals surface area contributed by atoms with Gasteiger partial charge in [0.1, 0.15) is 0 Å². The van der Waals surface area contributed by atoms with Gasteiger partial charge in [0.15, 0.2) is 0 Å². The van der Waals surface area contributed by atoms with E-state index in [4.69, 9.17) is 0 Å². The fourth-order valence-corrected chi connectivity index (χ4v) is 2.88. The van der Waals surface area contributed by atoms with E-state index in [0.717, 1.165) is 10.0 Å². The number of thioether (sulfide) groups is 1. The average molecular weight is 303 g/mol. The van der Waals surface area contributed by atoms with Crippen molar-refractivity contribution in [1.29, 1.82) is 0 Å². The maximum absolute atomic E-state index is 9.48. The normalized spacial score (nSPS) is 15.2. The van der Waals surface area contributed by atoms with Crippen LogP contribution in [0.4, 0.5) is 0 Å². The van der Waals surface area contributed by atoms with Crippen LogP contribution in [-0.4, -0.2) is 10.4 Å². The molecule has 0 bridgehead atoms. The van der Waals surface area contributed by atoms with E-state index in [1.54, 1.807) is 6.92 Å². The third-order valence-electron chi connectivity index (χ3n) is 2.69. The van der Waals surface area contributed by atoms with Gasteiger partial charge in [-0.05, 0) is 46.5 Å². The highest BCUT2D eigenvalue weighted by Crippen LogP contribution is 2.34. The Bertz CT molecular complexity index is 350. The molecule has 1 aromatic rings. The molecule has 0 amide bonds. The van der Waals surface area contributed by atoms with Gasteiger partial charge < -0.3 is 5.11 Å². The fraction of sp³-hybridized carbons (Fsp3) is 0.538. The molecule has 1 aromatic carbocycles. The van der Waals surface area contributed by atoms with Gasteiger partial charge in [-0.25, -0.2) is 0 Å². The minimum absolute atomic E-state index is 0.405. The Morgan fingerprint density at radius 1 is 1.19 bits per heavy atom. The molecule has 0 radical (unpaired) electrons. The molecule has 1 unspecified atom stereocenters. The monoisotopic (exact) mass is 302 g/mol. The Hall–Kier alpha value is 0.01000. The van der Waals surface area contributed by atoms with Gasteiger partial charge in [0, 0.05) is 14.6 Å². The summed E-state index contributed by atoms with van der Waals surface area (Å²) in [5, 5.41) is 10.1. The van der Waals surface area contributed by atoms with Gasteiger partial charge in [-0.15, -0.1) is 11.8 Å². The lowest BCUT2D eigenvalue weighted by atomic mass is 10.1. The molecule has 0 saturated heterocycles. The molecule has 0 saturated carbocycles. The fourth-order valence-electron chi connectivity index (χ4n) is 1.21. The predicted octanol–water partition coefficient (Wildman–Crippen LogP) is 4.64. The maximum atomic E-state index is 9.48. The van der Waals surface area contributed by atoms with E-state index in [0.29, 0.717) is 11.2 Å². The molecule has 1 N–H and O–H groups in total. The molecule has 3 heteroatoms. The van der Waals surface area contributed by atoms with Crippen molar-refractivity contribution in [3.8, 4) is 0 Å². The predicted molar refractivity (Wildman–Crippen MR) is 74.9 cm³/mol. The first-order chi connectivity index (χ1) is 7.41. The number of aliphatic hydroxyl groups excluding tert-OH is 1. The average Bonchev–Trinajstić information content (AvgIpc) is 2.20. The molecule has 2 atom stereocenters. The van der Waals surface area contributed by atoms with Crippen molar-refractivity contribution in [2.45, 2.75) is 43.9 Å². The quantitative estimate of drug-likeness (QED) is 0.818. The zero-order chi connectivity index (χ0) is 12.3. The van der Waals surface area contributed by atoms with E-state index in [2.05, 4.69) is 42.8 Å². The van der Waals surface area contributed by atoms with Crippen LogP contribution in [0.25, 0.3) is 0 Å². The molecule has 0 aliphatic carbocycles. The van der Waals surface area contributed by atoms with Gasteiger partial charge in [-0.2, -0.15) is 0 Å². The second-order valence-electron chi connectivity index (χ2n) is 4.43. The van der Waals surface area contributed by atoms with E-state index in [1.165, 1.54) is 4.90 Å². The molecule has 0 spiro atoms. The largest absolute Gasteiger partial charge is 0.389 e. The summed E-state index contributed by atoms with van der Waals surface area (Å²) in [6.45, 7) is 8.49. The molecule has 90 valence electrons. The summed E-state index contributed by atoms with van der Waals surface area (Å²) in [5.41, 5.74) is 0.952. The van der Waals surface area contributed by atoms with Crippen LogP contribution in [0.2, 0.25) is 0 Å². The Morgan fingerprint density at radius 2 is 1.81 bits per heavy atom. The van der Waals surface area contributed by atoms with Gasteiger partial charge in [-0.3, -0.25) is 0 Å². The first-order valence-electron chi connectivity index (χ1n) is 5.56. The van der Waals surface area contributed by atoms with E-state index >= 15 is 0 Å². The Kier molecular flexibility index (Phi) is 5.35. The number of benzene rings is 1. The first-order valence-corrected chi connectivity index (χ1v) is 7.23. The Labute approximate surface area is 111 Å². The summed E-state index contributed by atoms with van der Waals surface area (Å²) < 4.78 is 1.07. The SMILES string of the molecule is CC(C)C(C)Sc1ccc([C@H](C)O)cc1Br. The summed E-state index contributed by atoms with van der Waals surface area (Å²) in [7, 11) is 0. The summed E-state index contributed by atoms with van der Waals surface area (Å²) in [6, 6.07) is 6.07. The number of hydrogen-bond donors (Lipinski definition) is 1. The van der Waals surface area contributed by atoms with E-state index in [1.807, 2.05) is 23.9 Å². The van der Waals surface area contributed by atoms with Gasteiger partial charge in [0.25, 0.3) is 0 Å². The Balaban J connectivity index is 2.83. The third-order valence-corrected chi connectivity index (χ3v) is 5.13. The lowest BCUT2D eigenvalue weighted by Gasteiger charge is -2.16. The summed E-state index contributed by atoms with van der Waals surface area (Å²) in [6.07, 6.45) is -0.405. The summed E-state index contributed by atoms with van der Waals surface area (Å²) in [4.78, 5) is 1.24. The molecule has 0 aromatic heterocycles. The van der Waals surface area contributed by atoms with Crippen LogP contribution >= 0.6 is 27.7 Å². The van der Waals surface area contributed by atoms with Crippen LogP contribution < -0.4 is 0 Å². The van der Waals surface area contributed by atoms with Crippen molar-refractivity contribution in [1.82, 2.24) is 0 Å². The Morgan fingerprint density at radius 3 is 2.25 bits per heavy atom. The van der Waals surface area contributed by atoms with Crippen molar-refractivity contribution >= 4 is 27.7 Å². The summed E-state index contributed by atoms with van der Waals surface area (Å²) in [5.74, 6) is 0.661. The topological polar surface area (TPSA) is 20.2 Å². The highest BCUT2D eigenvalue weighted by atomic mass is 79.9. The molecule has 1 rings (SSSR count). The van der Waals surface area contributed by atoms with E-state index in [9.17, 15) is 5.11 Å².